The van der Waals surface area contributed by atoms with E-state index in [0.717, 1.165) is 24.6 Å². The Morgan fingerprint density at radius 2 is 1.97 bits per heavy atom. The van der Waals surface area contributed by atoms with Gasteiger partial charge < -0.3 is 10.7 Å². The number of fused-ring (bicyclic) bond motifs is 3. The maximum absolute atomic E-state index is 13.6. The van der Waals surface area contributed by atoms with Crippen LogP contribution < -0.4 is 5.73 Å². The van der Waals surface area contributed by atoms with Gasteiger partial charge in [0.1, 0.15) is 11.3 Å². The predicted octanol–water partition coefficient (Wildman–Crippen LogP) is 2.97. The minimum absolute atomic E-state index is 0.0834. The van der Waals surface area contributed by atoms with E-state index in [1.807, 2.05) is 23.2 Å². The van der Waals surface area contributed by atoms with Crippen LogP contribution >= 0.6 is 0 Å². The number of hydrogen-bond acceptors (Lipinski definition) is 4. The molecule has 0 saturated carbocycles. The molecule has 1 saturated heterocycles. The molecule has 2 amide bonds. The highest BCUT2D eigenvalue weighted by Crippen LogP contribution is 2.38. The Balaban J connectivity index is 1.57. The number of rotatable bonds is 4. The van der Waals surface area contributed by atoms with Gasteiger partial charge in [0.2, 0.25) is 11.8 Å². The quantitative estimate of drug-likeness (QED) is 0.630. The lowest BCUT2D eigenvalue weighted by molar-refractivity contribution is -0.148. The Hall–Kier alpha value is -3.40. The van der Waals surface area contributed by atoms with E-state index in [0.29, 0.717) is 18.7 Å². The molecule has 3 aromatic rings. The molecule has 5 rings (SSSR count). The van der Waals surface area contributed by atoms with Crippen LogP contribution in [0.3, 0.4) is 0 Å². The second kappa shape index (κ2) is 7.87. The fraction of sp³-hybridized carbons (Fsp3) is 0.348. The number of nitrogens with one attached hydrogen (secondary N) is 1. The minimum Gasteiger partial charge on any atom is -0.369 e. The fourth-order valence-electron chi connectivity index (χ4n) is 4.94. The minimum atomic E-state index is -4.57. The first kappa shape index (κ1) is 21.4. The van der Waals surface area contributed by atoms with E-state index < -0.39 is 29.5 Å². The molecule has 2 aromatic carbocycles. The SMILES string of the molecule is NC(=O)C(Cc1nc2c(C(F)(F)F)cccc2[nH]1)[C@@H]1C(=O)N2CCCN2Cc2ccccc21. The van der Waals surface area contributed by atoms with Crippen LogP contribution in [-0.4, -0.2) is 44.9 Å². The molecule has 3 heterocycles. The molecule has 0 spiro atoms. The van der Waals surface area contributed by atoms with Crippen LogP contribution in [-0.2, 0) is 28.7 Å². The maximum atomic E-state index is 13.6. The van der Waals surface area contributed by atoms with Gasteiger partial charge in [-0.2, -0.15) is 13.2 Å². The van der Waals surface area contributed by atoms with Crippen LogP contribution in [0.5, 0.6) is 0 Å². The largest absolute Gasteiger partial charge is 0.418 e. The summed E-state index contributed by atoms with van der Waals surface area (Å²) in [6.45, 7) is 1.83. The summed E-state index contributed by atoms with van der Waals surface area (Å²) in [4.78, 5) is 33.2. The number of hydrazine groups is 1. The van der Waals surface area contributed by atoms with Crippen molar-refractivity contribution in [3.8, 4) is 0 Å². The number of amides is 2. The number of imidazole rings is 1. The monoisotopic (exact) mass is 457 g/mol. The number of carbonyl (C=O) groups is 2. The van der Waals surface area contributed by atoms with Crippen LogP contribution in [0.4, 0.5) is 13.2 Å². The van der Waals surface area contributed by atoms with Gasteiger partial charge in [-0.15, -0.1) is 0 Å². The summed E-state index contributed by atoms with van der Waals surface area (Å²) in [6, 6.07) is 11.2. The summed E-state index contributed by atoms with van der Waals surface area (Å²) in [6.07, 6.45) is -3.82. The molecule has 10 heteroatoms. The van der Waals surface area contributed by atoms with E-state index in [4.69, 9.17) is 5.73 Å². The van der Waals surface area contributed by atoms with E-state index in [2.05, 4.69) is 9.97 Å². The summed E-state index contributed by atoms with van der Waals surface area (Å²) in [7, 11) is 0. The fourth-order valence-corrected chi connectivity index (χ4v) is 4.94. The van der Waals surface area contributed by atoms with Gasteiger partial charge in [0.15, 0.2) is 0 Å². The first-order valence-corrected chi connectivity index (χ1v) is 10.7. The van der Waals surface area contributed by atoms with E-state index in [9.17, 15) is 22.8 Å². The Morgan fingerprint density at radius 1 is 1.18 bits per heavy atom. The van der Waals surface area contributed by atoms with Crippen molar-refractivity contribution in [3.63, 3.8) is 0 Å². The lowest BCUT2D eigenvalue weighted by Gasteiger charge is -2.29. The maximum Gasteiger partial charge on any atom is 0.418 e. The number of halogens is 3. The number of nitrogens with two attached hydrogens (primary N) is 1. The number of aromatic amines is 1. The third-order valence-electron chi connectivity index (χ3n) is 6.44. The number of alkyl halides is 3. The van der Waals surface area contributed by atoms with Crippen molar-refractivity contribution in [1.29, 1.82) is 0 Å². The smallest absolute Gasteiger partial charge is 0.369 e. The van der Waals surface area contributed by atoms with Crippen molar-refractivity contribution < 1.29 is 22.8 Å². The van der Waals surface area contributed by atoms with E-state index in [1.54, 1.807) is 11.1 Å². The molecule has 172 valence electrons. The second-order valence-corrected chi connectivity index (χ2v) is 8.48. The summed E-state index contributed by atoms with van der Waals surface area (Å²) >= 11 is 0. The van der Waals surface area contributed by atoms with Crippen molar-refractivity contribution in [2.45, 2.75) is 31.5 Å². The molecule has 2 aliphatic rings. The number of aromatic nitrogens is 2. The molecule has 33 heavy (non-hydrogen) atoms. The lowest BCUT2D eigenvalue weighted by Crippen LogP contribution is -2.44. The number of H-pyrrole nitrogens is 1. The van der Waals surface area contributed by atoms with Gasteiger partial charge in [0, 0.05) is 26.1 Å². The number of nitrogens with zero attached hydrogens (tertiary/aromatic N) is 3. The number of hydrogen-bond donors (Lipinski definition) is 2. The van der Waals surface area contributed by atoms with Crippen molar-refractivity contribution in [1.82, 2.24) is 20.0 Å². The highest BCUT2D eigenvalue weighted by molar-refractivity contribution is 5.91. The Bertz CT molecular complexity index is 1240. The summed E-state index contributed by atoms with van der Waals surface area (Å²) < 4.78 is 40.2. The third kappa shape index (κ3) is 3.74. The Kier molecular flexibility index (Phi) is 5.12. The normalized spacial score (nSPS) is 19.9. The molecule has 2 aliphatic heterocycles. The van der Waals surface area contributed by atoms with Gasteiger partial charge in [-0.05, 0) is 29.7 Å². The van der Waals surface area contributed by atoms with Crippen molar-refractivity contribution in [2.24, 2.45) is 11.7 Å². The molecular weight excluding hydrogens is 435 g/mol. The average Bonchev–Trinajstić information content (AvgIpc) is 3.37. The molecule has 0 aliphatic carbocycles. The molecule has 0 bridgehead atoms. The molecule has 1 aromatic heterocycles. The first-order chi connectivity index (χ1) is 15.7. The zero-order chi connectivity index (χ0) is 23.3. The molecule has 1 unspecified atom stereocenters. The topological polar surface area (TPSA) is 95.3 Å². The van der Waals surface area contributed by atoms with Gasteiger partial charge in [0.05, 0.1) is 22.9 Å². The zero-order valence-electron chi connectivity index (χ0n) is 17.6. The van der Waals surface area contributed by atoms with Gasteiger partial charge in [-0.3, -0.25) is 14.6 Å². The average molecular weight is 457 g/mol. The summed E-state index contributed by atoms with van der Waals surface area (Å²) in [5.74, 6) is -2.58. The van der Waals surface area contributed by atoms with Crippen LogP contribution in [0.1, 0.15) is 34.9 Å². The standard InChI is InChI=1S/C23H22F3N5O2/c24-23(25,26)16-7-3-8-17-20(16)29-18(28-17)11-15(21(27)32)19-14-6-2-1-5-13(14)12-30-9-4-10-31(30)22(19)33/h1-3,5-8,15,19H,4,9-12H2,(H2,27,32)(H,28,29)/t15?,19-/m1/s1. The van der Waals surface area contributed by atoms with E-state index in [-0.39, 0.29) is 29.2 Å². The summed E-state index contributed by atoms with van der Waals surface area (Å²) in [5, 5.41) is 3.64. The molecule has 7 nitrogen and oxygen atoms in total. The number of benzene rings is 2. The van der Waals surface area contributed by atoms with Gasteiger partial charge in [-0.25, -0.2) is 9.99 Å². The zero-order valence-corrected chi connectivity index (χ0v) is 17.6. The highest BCUT2D eigenvalue weighted by atomic mass is 19.4. The van der Waals surface area contributed by atoms with E-state index >= 15 is 0 Å². The molecule has 2 atom stereocenters. The van der Waals surface area contributed by atoms with Crippen LogP contribution in [0.25, 0.3) is 11.0 Å². The Labute approximate surface area is 187 Å². The summed E-state index contributed by atoms with van der Waals surface area (Å²) in [5.41, 5.74) is 6.54. The first-order valence-electron chi connectivity index (χ1n) is 10.7. The number of primary amides is 1. The van der Waals surface area contributed by atoms with Crippen LogP contribution in [0.15, 0.2) is 42.5 Å². The Morgan fingerprint density at radius 3 is 2.73 bits per heavy atom. The van der Waals surface area contributed by atoms with Crippen molar-refractivity contribution in [3.05, 3.63) is 65.0 Å². The van der Waals surface area contributed by atoms with Gasteiger partial charge in [0.25, 0.3) is 0 Å². The van der Waals surface area contributed by atoms with Crippen molar-refractivity contribution in [2.75, 3.05) is 13.1 Å². The van der Waals surface area contributed by atoms with Gasteiger partial charge in [-0.1, -0.05) is 30.3 Å². The third-order valence-corrected chi connectivity index (χ3v) is 6.44. The predicted molar refractivity (Wildman–Crippen MR) is 113 cm³/mol. The van der Waals surface area contributed by atoms with Crippen LogP contribution in [0, 0.1) is 5.92 Å². The van der Waals surface area contributed by atoms with E-state index in [1.165, 1.54) is 12.1 Å². The lowest BCUT2D eigenvalue weighted by atomic mass is 9.80. The number of para-hydroxylation sites is 1. The van der Waals surface area contributed by atoms with Gasteiger partial charge >= 0.3 is 6.18 Å². The van der Waals surface area contributed by atoms with Crippen LogP contribution in [0.2, 0.25) is 0 Å². The molecule has 3 N–H and O–H groups in total. The second-order valence-electron chi connectivity index (χ2n) is 8.48. The number of carbonyl (C=O) groups excluding carboxylic acids is 2. The molecule has 0 radical (unpaired) electrons. The molecular formula is C23H22F3N5O2. The molecule has 1 fully saturated rings. The highest BCUT2D eigenvalue weighted by Gasteiger charge is 2.43. The van der Waals surface area contributed by atoms with Crippen molar-refractivity contribution >= 4 is 22.8 Å².